The van der Waals surface area contributed by atoms with Crippen LogP contribution in [0.3, 0.4) is 0 Å². The number of hydrogen-bond acceptors (Lipinski definition) is 10. The number of sulfonamides is 1. The van der Waals surface area contributed by atoms with Crippen LogP contribution in [0.1, 0.15) is 83.6 Å². The molecule has 0 aliphatic carbocycles. The molecule has 4 amide bonds. The maximum absolute atomic E-state index is 14.2. The summed E-state index contributed by atoms with van der Waals surface area (Å²) in [5.74, 6) is -2.19. The van der Waals surface area contributed by atoms with Crippen LogP contribution in [-0.4, -0.2) is 92.2 Å². The SMILES string of the molecule is CC1CNc2c(cccc2S(=O)(=O)NC(CCCN=C(N)N)C(=O)N2CCC(C)CC2C(=O)NCCCCCC(=O)ON2C(=O)CCC2=O)C1. The van der Waals surface area contributed by atoms with Gasteiger partial charge in [0.25, 0.3) is 11.8 Å². The van der Waals surface area contributed by atoms with Crippen LogP contribution in [-0.2, 0) is 45.3 Å². The summed E-state index contributed by atoms with van der Waals surface area (Å²) in [6.45, 7) is 5.49. The van der Waals surface area contributed by atoms with E-state index >= 15 is 0 Å². The molecule has 16 nitrogen and oxygen atoms in total. The normalized spacial score (nSPS) is 21.2. The number of benzene rings is 1. The molecule has 2 fully saturated rings. The highest BCUT2D eigenvalue weighted by Gasteiger charge is 2.39. The molecule has 3 heterocycles. The number of imide groups is 1. The molecule has 7 N–H and O–H groups in total. The number of para-hydroxylation sites is 1. The van der Waals surface area contributed by atoms with E-state index in [0.717, 1.165) is 12.0 Å². The number of amides is 4. The van der Waals surface area contributed by atoms with E-state index in [0.29, 0.717) is 68.3 Å². The zero-order chi connectivity index (χ0) is 36.4. The predicted molar refractivity (Wildman–Crippen MR) is 184 cm³/mol. The van der Waals surface area contributed by atoms with Gasteiger partial charge >= 0.3 is 5.97 Å². The van der Waals surface area contributed by atoms with Crippen molar-refractivity contribution in [1.29, 1.82) is 0 Å². The van der Waals surface area contributed by atoms with Crippen molar-refractivity contribution in [3.05, 3.63) is 23.8 Å². The van der Waals surface area contributed by atoms with Crippen molar-refractivity contribution >= 4 is 51.3 Å². The van der Waals surface area contributed by atoms with Crippen molar-refractivity contribution < 1.29 is 37.2 Å². The van der Waals surface area contributed by atoms with Crippen LogP contribution in [0, 0.1) is 11.8 Å². The smallest absolute Gasteiger partial charge is 0.333 e. The lowest BCUT2D eigenvalue weighted by atomic mass is 9.91. The van der Waals surface area contributed by atoms with Crippen molar-refractivity contribution in [2.75, 3.05) is 31.5 Å². The van der Waals surface area contributed by atoms with E-state index < -0.39 is 45.8 Å². The number of fused-ring (bicyclic) bond motifs is 1. The maximum atomic E-state index is 14.2. The fourth-order valence-corrected chi connectivity index (χ4v) is 7.89. The second-order valence-electron chi connectivity index (χ2n) is 13.4. The molecule has 0 radical (unpaired) electrons. The molecule has 0 saturated carbocycles. The third-order valence-corrected chi connectivity index (χ3v) is 10.7. The van der Waals surface area contributed by atoms with Gasteiger partial charge in [-0.1, -0.05) is 32.4 Å². The molecule has 17 heteroatoms. The second-order valence-corrected chi connectivity index (χ2v) is 15.1. The Hall–Kier alpha value is -4.25. The van der Waals surface area contributed by atoms with Gasteiger partial charge in [-0.25, -0.2) is 13.2 Å². The van der Waals surface area contributed by atoms with Gasteiger partial charge in [0.2, 0.25) is 21.8 Å². The molecule has 4 unspecified atom stereocenters. The molecule has 50 heavy (non-hydrogen) atoms. The Balaban J connectivity index is 1.38. The van der Waals surface area contributed by atoms with E-state index in [1.54, 1.807) is 6.07 Å². The zero-order valence-corrected chi connectivity index (χ0v) is 29.6. The summed E-state index contributed by atoms with van der Waals surface area (Å²) < 4.78 is 30.3. The van der Waals surface area contributed by atoms with E-state index in [4.69, 9.17) is 16.3 Å². The Morgan fingerprint density at radius 2 is 1.80 bits per heavy atom. The highest BCUT2D eigenvalue weighted by molar-refractivity contribution is 7.89. The monoisotopic (exact) mass is 718 g/mol. The van der Waals surface area contributed by atoms with Crippen LogP contribution < -0.4 is 26.8 Å². The Kier molecular flexibility index (Phi) is 13.6. The maximum Gasteiger partial charge on any atom is 0.333 e. The van der Waals surface area contributed by atoms with Crippen LogP contribution in [0.2, 0.25) is 0 Å². The number of aliphatic imine (C=N–C) groups is 1. The average molecular weight is 719 g/mol. The Labute approximate surface area is 293 Å². The van der Waals surface area contributed by atoms with Crippen molar-refractivity contribution in [2.24, 2.45) is 28.3 Å². The molecule has 3 aliphatic heterocycles. The lowest BCUT2D eigenvalue weighted by molar-refractivity contribution is -0.197. The fraction of sp³-hybridized carbons (Fsp3) is 0.636. The number of guanidine groups is 1. The van der Waals surface area contributed by atoms with Crippen molar-refractivity contribution in [3.8, 4) is 0 Å². The van der Waals surface area contributed by atoms with Gasteiger partial charge < -0.3 is 31.8 Å². The molecule has 0 bridgehead atoms. The first kappa shape index (κ1) is 38.6. The Morgan fingerprint density at radius 1 is 1.06 bits per heavy atom. The van der Waals surface area contributed by atoms with E-state index in [-0.39, 0.29) is 61.5 Å². The molecule has 3 aliphatic rings. The molecular weight excluding hydrogens is 668 g/mol. The van der Waals surface area contributed by atoms with Gasteiger partial charge in [0.15, 0.2) is 5.96 Å². The molecule has 0 spiro atoms. The average Bonchev–Trinajstić information content (AvgIpc) is 3.38. The number of carbonyl (C=O) groups excluding carboxylic acids is 5. The summed E-state index contributed by atoms with van der Waals surface area (Å²) in [5, 5.41) is 6.65. The number of hydrogen-bond donors (Lipinski definition) is 5. The summed E-state index contributed by atoms with van der Waals surface area (Å²) in [7, 11) is -4.16. The third kappa shape index (κ3) is 10.4. The van der Waals surface area contributed by atoms with Gasteiger partial charge in [-0.15, -0.1) is 5.06 Å². The van der Waals surface area contributed by atoms with Crippen molar-refractivity contribution in [1.82, 2.24) is 20.0 Å². The predicted octanol–water partition coefficient (Wildman–Crippen LogP) is 0.902. The van der Waals surface area contributed by atoms with E-state index in [9.17, 15) is 32.4 Å². The molecule has 2 saturated heterocycles. The Bertz CT molecular complexity index is 1550. The molecule has 276 valence electrons. The van der Waals surface area contributed by atoms with E-state index in [2.05, 4.69) is 27.3 Å². The van der Waals surface area contributed by atoms with Gasteiger partial charge in [-0.3, -0.25) is 24.2 Å². The number of unbranched alkanes of at least 4 members (excludes halogenated alkanes) is 2. The standard InChI is InChI=1S/C33H50N8O8S/c1-21-14-17-40(25(19-21)31(45)36-15-5-3-4-11-29(44)49-41-27(42)12-13-28(41)43)32(46)24(9-7-16-37-33(34)35)39-50(47,48)26-10-6-8-23-18-22(2)20-38-30(23)26/h6,8,10,21-22,24-25,38-39H,3-5,7,9,11-20H2,1-2H3,(H,36,45)(H4,34,35,37). The number of nitrogens with two attached hydrogens (primary N) is 2. The Morgan fingerprint density at radius 3 is 2.52 bits per heavy atom. The summed E-state index contributed by atoms with van der Waals surface area (Å²) >= 11 is 0. The largest absolute Gasteiger partial charge is 0.383 e. The molecule has 1 aromatic rings. The summed E-state index contributed by atoms with van der Waals surface area (Å²) in [4.78, 5) is 73.3. The van der Waals surface area contributed by atoms with Gasteiger partial charge in [-0.05, 0) is 68.4 Å². The number of piperidine rings is 1. The first-order valence-electron chi connectivity index (χ1n) is 17.3. The number of carbonyl (C=O) groups is 5. The minimum atomic E-state index is -4.16. The highest BCUT2D eigenvalue weighted by Crippen LogP contribution is 2.32. The quantitative estimate of drug-likeness (QED) is 0.0697. The number of rotatable bonds is 16. The third-order valence-electron chi connectivity index (χ3n) is 9.14. The number of hydroxylamine groups is 2. The number of nitrogens with one attached hydrogen (secondary N) is 3. The van der Waals surface area contributed by atoms with Crippen LogP contribution in [0.4, 0.5) is 5.69 Å². The molecular formula is C33H50N8O8S. The van der Waals surface area contributed by atoms with Gasteiger partial charge in [0.05, 0.1) is 5.69 Å². The molecule has 0 aromatic heterocycles. The van der Waals surface area contributed by atoms with Crippen LogP contribution in [0.15, 0.2) is 28.1 Å². The van der Waals surface area contributed by atoms with Crippen LogP contribution in [0.5, 0.6) is 0 Å². The highest BCUT2D eigenvalue weighted by atomic mass is 32.2. The lowest BCUT2D eigenvalue weighted by Gasteiger charge is -2.39. The molecule has 1 aromatic carbocycles. The summed E-state index contributed by atoms with van der Waals surface area (Å²) in [6, 6.07) is 3.14. The summed E-state index contributed by atoms with van der Waals surface area (Å²) in [5.41, 5.74) is 12.4. The second kappa shape index (κ2) is 17.6. The van der Waals surface area contributed by atoms with Gasteiger partial charge in [-0.2, -0.15) is 4.72 Å². The number of nitrogens with zero attached hydrogens (tertiary/aromatic N) is 3. The topological polar surface area (TPSA) is 236 Å². The summed E-state index contributed by atoms with van der Waals surface area (Å²) in [6.07, 6.45) is 3.82. The van der Waals surface area contributed by atoms with Crippen molar-refractivity contribution in [3.63, 3.8) is 0 Å². The van der Waals surface area contributed by atoms with E-state index in [1.165, 1.54) is 11.0 Å². The first-order chi connectivity index (χ1) is 23.8. The van der Waals surface area contributed by atoms with E-state index in [1.807, 2.05) is 13.0 Å². The van der Waals surface area contributed by atoms with Gasteiger partial charge in [0, 0.05) is 45.4 Å². The minimum absolute atomic E-state index is 0.00881. The first-order valence-corrected chi connectivity index (χ1v) is 18.8. The van der Waals surface area contributed by atoms with Crippen LogP contribution in [0.25, 0.3) is 0 Å². The van der Waals surface area contributed by atoms with Crippen molar-refractivity contribution in [2.45, 2.75) is 101 Å². The minimum Gasteiger partial charge on any atom is -0.383 e. The number of anilines is 1. The zero-order valence-electron chi connectivity index (χ0n) is 28.8. The lowest BCUT2D eigenvalue weighted by Crippen LogP contribution is -2.58. The van der Waals surface area contributed by atoms with Gasteiger partial charge in [0.1, 0.15) is 17.0 Å². The van der Waals surface area contributed by atoms with Crippen LogP contribution >= 0.6 is 0 Å². The molecule has 4 atom stereocenters. The number of likely N-dealkylation sites (tertiary alicyclic amines) is 1. The fourth-order valence-electron chi connectivity index (χ4n) is 6.44. The molecule has 4 rings (SSSR count).